The summed E-state index contributed by atoms with van der Waals surface area (Å²) in [4.78, 5) is 10.8. The van der Waals surface area contributed by atoms with Crippen LogP contribution < -0.4 is 5.32 Å². The number of hydrogen-bond donors (Lipinski definition) is 1. The second-order valence-electron chi connectivity index (χ2n) is 2.58. The molecule has 0 fully saturated rings. The lowest BCUT2D eigenvalue weighted by Gasteiger charge is -1.98. The van der Waals surface area contributed by atoms with E-state index in [9.17, 15) is 9.18 Å². The SMILES string of the molecule is CNC(=O)/C=C/c1c(F)cccc1Cl. The van der Waals surface area contributed by atoms with Gasteiger partial charge in [-0.2, -0.15) is 0 Å². The minimum Gasteiger partial charge on any atom is -0.356 e. The van der Waals surface area contributed by atoms with Gasteiger partial charge in [-0.15, -0.1) is 0 Å². The summed E-state index contributed by atoms with van der Waals surface area (Å²) < 4.78 is 13.1. The van der Waals surface area contributed by atoms with E-state index >= 15 is 0 Å². The Hall–Kier alpha value is -1.35. The van der Waals surface area contributed by atoms with E-state index in [-0.39, 0.29) is 16.5 Å². The molecule has 1 N–H and O–H groups in total. The number of likely N-dealkylation sites (N-methyl/N-ethyl adjacent to an activating group) is 1. The molecule has 14 heavy (non-hydrogen) atoms. The van der Waals surface area contributed by atoms with E-state index in [4.69, 9.17) is 11.6 Å². The van der Waals surface area contributed by atoms with E-state index in [1.807, 2.05) is 0 Å². The van der Waals surface area contributed by atoms with Gasteiger partial charge >= 0.3 is 0 Å². The number of amides is 1. The largest absolute Gasteiger partial charge is 0.356 e. The smallest absolute Gasteiger partial charge is 0.243 e. The molecule has 0 saturated heterocycles. The van der Waals surface area contributed by atoms with Crippen molar-refractivity contribution in [1.82, 2.24) is 5.32 Å². The van der Waals surface area contributed by atoms with Crippen LogP contribution in [-0.4, -0.2) is 13.0 Å². The first-order valence-electron chi connectivity index (χ1n) is 3.99. The summed E-state index contributed by atoms with van der Waals surface area (Å²) in [6.07, 6.45) is 2.57. The lowest BCUT2D eigenvalue weighted by Crippen LogP contribution is -2.13. The third-order valence-electron chi connectivity index (χ3n) is 1.65. The molecule has 0 aromatic heterocycles. The van der Waals surface area contributed by atoms with E-state index in [2.05, 4.69) is 5.32 Å². The van der Waals surface area contributed by atoms with Crippen LogP contribution in [0.3, 0.4) is 0 Å². The highest BCUT2D eigenvalue weighted by Gasteiger charge is 2.02. The quantitative estimate of drug-likeness (QED) is 0.750. The van der Waals surface area contributed by atoms with Crippen LogP contribution in [0.2, 0.25) is 5.02 Å². The van der Waals surface area contributed by atoms with Crippen molar-refractivity contribution < 1.29 is 9.18 Å². The third-order valence-corrected chi connectivity index (χ3v) is 1.98. The number of benzene rings is 1. The van der Waals surface area contributed by atoms with Crippen molar-refractivity contribution in [2.24, 2.45) is 0 Å². The molecule has 1 rings (SSSR count). The summed E-state index contributed by atoms with van der Waals surface area (Å²) >= 11 is 5.73. The minimum atomic E-state index is -0.447. The van der Waals surface area contributed by atoms with Crippen molar-refractivity contribution in [3.05, 3.63) is 40.7 Å². The molecule has 74 valence electrons. The van der Waals surface area contributed by atoms with Gasteiger partial charge in [-0.3, -0.25) is 4.79 Å². The summed E-state index contributed by atoms with van der Waals surface area (Å²) in [6.45, 7) is 0. The molecule has 0 saturated carbocycles. The third kappa shape index (κ3) is 2.57. The summed E-state index contributed by atoms with van der Waals surface area (Å²) in [5.41, 5.74) is 0.220. The predicted octanol–water partition coefficient (Wildman–Crippen LogP) is 2.24. The summed E-state index contributed by atoms with van der Waals surface area (Å²) in [6, 6.07) is 4.36. The number of nitrogens with one attached hydrogen (secondary N) is 1. The molecule has 0 spiro atoms. The lowest BCUT2D eigenvalue weighted by atomic mass is 10.2. The Bertz CT molecular complexity index is 356. The zero-order chi connectivity index (χ0) is 10.6. The molecule has 0 radical (unpaired) electrons. The van der Waals surface area contributed by atoms with Gasteiger partial charge in [0.25, 0.3) is 0 Å². The average molecular weight is 214 g/mol. The van der Waals surface area contributed by atoms with E-state index in [1.54, 1.807) is 6.07 Å². The molecule has 0 aliphatic rings. The molecule has 0 bridgehead atoms. The van der Waals surface area contributed by atoms with Gasteiger partial charge in [0.2, 0.25) is 5.91 Å². The molecule has 1 amide bonds. The van der Waals surface area contributed by atoms with E-state index < -0.39 is 5.82 Å². The van der Waals surface area contributed by atoms with E-state index in [0.29, 0.717) is 0 Å². The number of carbonyl (C=O) groups excluding carboxylic acids is 1. The first kappa shape index (κ1) is 10.7. The molecule has 0 aliphatic heterocycles. The Labute approximate surface area is 86.4 Å². The van der Waals surface area contributed by atoms with Gasteiger partial charge < -0.3 is 5.32 Å². The fraction of sp³-hybridized carbons (Fsp3) is 0.100. The molecule has 2 nitrogen and oxygen atoms in total. The van der Waals surface area contributed by atoms with Gasteiger partial charge in [-0.1, -0.05) is 17.7 Å². The van der Waals surface area contributed by atoms with Gasteiger partial charge in [-0.25, -0.2) is 4.39 Å². The molecule has 4 heteroatoms. The normalized spacial score (nSPS) is 10.5. The molecule has 0 unspecified atom stereocenters. The van der Waals surface area contributed by atoms with Gasteiger partial charge in [-0.05, 0) is 18.2 Å². The van der Waals surface area contributed by atoms with Crippen LogP contribution >= 0.6 is 11.6 Å². The molecular weight excluding hydrogens is 205 g/mol. The summed E-state index contributed by atoms with van der Waals surface area (Å²) in [7, 11) is 1.50. The Morgan fingerprint density at radius 2 is 2.29 bits per heavy atom. The summed E-state index contributed by atoms with van der Waals surface area (Å²) in [5, 5.41) is 2.67. The van der Waals surface area contributed by atoms with Crippen LogP contribution in [-0.2, 0) is 4.79 Å². The van der Waals surface area contributed by atoms with Gasteiger partial charge in [0.05, 0.1) is 5.02 Å². The van der Waals surface area contributed by atoms with Crippen molar-refractivity contribution in [3.8, 4) is 0 Å². The monoisotopic (exact) mass is 213 g/mol. The Morgan fingerprint density at radius 3 is 2.86 bits per heavy atom. The Balaban J connectivity index is 2.96. The maximum absolute atomic E-state index is 13.1. The molecule has 1 aromatic carbocycles. The first-order chi connectivity index (χ1) is 6.65. The van der Waals surface area contributed by atoms with Crippen molar-refractivity contribution in [2.75, 3.05) is 7.05 Å². The second-order valence-corrected chi connectivity index (χ2v) is 2.99. The van der Waals surface area contributed by atoms with Crippen molar-refractivity contribution in [1.29, 1.82) is 0 Å². The average Bonchev–Trinajstić information content (AvgIpc) is 2.16. The van der Waals surface area contributed by atoms with Crippen LogP contribution in [0.4, 0.5) is 4.39 Å². The van der Waals surface area contributed by atoms with Crippen LogP contribution in [0.15, 0.2) is 24.3 Å². The van der Waals surface area contributed by atoms with Gasteiger partial charge in [0.1, 0.15) is 5.82 Å². The van der Waals surface area contributed by atoms with Crippen LogP contribution in [0.25, 0.3) is 6.08 Å². The van der Waals surface area contributed by atoms with Crippen molar-refractivity contribution in [3.63, 3.8) is 0 Å². The van der Waals surface area contributed by atoms with E-state index in [0.717, 1.165) is 0 Å². The van der Waals surface area contributed by atoms with Crippen molar-refractivity contribution >= 4 is 23.6 Å². The second kappa shape index (κ2) is 4.77. The van der Waals surface area contributed by atoms with Crippen LogP contribution in [0.5, 0.6) is 0 Å². The molecule has 0 aliphatic carbocycles. The highest BCUT2D eigenvalue weighted by atomic mass is 35.5. The highest BCUT2D eigenvalue weighted by Crippen LogP contribution is 2.19. The zero-order valence-electron chi connectivity index (χ0n) is 7.55. The topological polar surface area (TPSA) is 29.1 Å². The predicted molar refractivity (Wildman–Crippen MR) is 54.5 cm³/mol. The Morgan fingerprint density at radius 1 is 1.57 bits per heavy atom. The fourth-order valence-electron chi connectivity index (χ4n) is 0.912. The number of carbonyl (C=O) groups is 1. The van der Waals surface area contributed by atoms with E-state index in [1.165, 1.54) is 31.3 Å². The zero-order valence-corrected chi connectivity index (χ0v) is 8.31. The molecule has 0 atom stereocenters. The fourth-order valence-corrected chi connectivity index (χ4v) is 1.14. The lowest BCUT2D eigenvalue weighted by molar-refractivity contribution is -0.115. The maximum atomic E-state index is 13.1. The number of halogens is 2. The van der Waals surface area contributed by atoms with Gasteiger partial charge in [0.15, 0.2) is 0 Å². The standard InChI is InChI=1S/C10H9ClFNO/c1-13-10(14)6-5-7-8(11)3-2-4-9(7)12/h2-6H,1H3,(H,13,14)/b6-5+. The number of hydrogen-bond acceptors (Lipinski definition) is 1. The Kier molecular flexibility index (Phi) is 3.65. The molecule has 1 aromatic rings. The van der Waals surface area contributed by atoms with Gasteiger partial charge in [0, 0.05) is 18.7 Å². The highest BCUT2D eigenvalue weighted by molar-refractivity contribution is 6.32. The van der Waals surface area contributed by atoms with Crippen LogP contribution in [0, 0.1) is 5.82 Å². The number of rotatable bonds is 2. The summed E-state index contributed by atoms with van der Waals surface area (Å²) in [5.74, 6) is -0.748. The van der Waals surface area contributed by atoms with Crippen LogP contribution in [0.1, 0.15) is 5.56 Å². The minimum absolute atomic E-state index is 0.220. The maximum Gasteiger partial charge on any atom is 0.243 e. The van der Waals surface area contributed by atoms with Crippen molar-refractivity contribution in [2.45, 2.75) is 0 Å². The first-order valence-corrected chi connectivity index (χ1v) is 4.36. The molecular formula is C10H9ClFNO. The molecule has 0 heterocycles.